The van der Waals surface area contributed by atoms with Crippen LogP contribution in [0.25, 0.3) is 6.08 Å². The van der Waals surface area contributed by atoms with Gasteiger partial charge < -0.3 is 16.4 Å². The summed E-state index contributed by atoms with van der Waals surface area (Å²) in [7, 11) is 0. The van der Waals surface area contributed by atoms with Crippen molar-refractivity contribution in [2.75, 3.05) is 11.9 Å². The number of hydrogen-bond donors (Lipinski definition) is 3. The molecule has 128 valence electrons. The van der Waals surface area contributed by atoms with Crippen LogP contribution in [0.2, 0.25) is 0 Å². The van der Waals surface area contributed by atoms with Gasteiger partial charge in [-0.25, -0.2) is 4.39 Å². The second kappa shape index (κ2) is 8.39. The first-order valence-electron chi connectivity index (χ1n) is 7.35. The van der Waals surface area contributed by atoms with E-state index in [0.29, 0.717) is 11.3 Å². The first-order chi connectivity index (χ1) is 11.9. The average Bonchev–Trinajstić information content (AvgIpc) is 2.58. The van der Waals surface area contributed by atoms with E-state index in [0.717, 1.165) is 0 Å². The lowest BCUT2D eigenvalue weighted by atomic mass is 10.2. The zero-order valence-electron chi connectivity index (χ0n) is 13.2. The van der Waals surface area contributed by atoms with Gasteiger partial charge in [0, 0.05) is 17.3 Å². The van der Waals surface area contributed by atoms with Crippen molar-refractivity contribution in [2.45, 2.75) is 0 Å². The van der Waals surface area contributed by atoms with E-state index >= 15 is 0 Å². The molecule has 0 heterocycles. The van der Waals surface area contributed by atoms with Crippen molar-refractivity contribution < 1.29 is 18.8 Å². The Balaban J connectivity index is 2.00. The molecule has 2 rings (SSSR count). The molecule has 4 N–H and O–H groups in total. The Morgan fingerprint density at radius 1 is 1.08 bits per heavy atom. The zero-order chi connectivity index (χ0) is 18.2. The van der Waals surface area contributed by atoms with E-state index in [1.54, 1.807) is 24.3 Å². The SMILES string of the molecule is NC(=O)CNC(=O)c1cccc(NC(=O)C=Cc2cccc(F)c2)c1. The first kappa shape index (κ1) is 17.9. The molecule has 0 fully saturated rings. The third-order valence-electron chi connectivity index (χ3n) is 3.09. The number of primary amides is 1. The minimum atomic E-state index is -0.653. The standard InChI is InChI=1S/C18H16FN3O3/c19-14-5-1-3-12(9-14)7-8-17(24)22-15-6-2-4-13(10-15)18(25)21-11-16(20)23/h1-10H,11H2,(H2,20,23)(H,21,25)(H,22,24). The summed E-state index contributed by atoms with van der Waals surface area (Å²) in [5.74, 6) is -1.96. The summed E-state index contributed by atoms with van der Waals surface area (Å²) in [5, 5.41) is 4.95. The van der Waals surface area contributed by atoms with Gasteiger partial charge in [-0.1, -0.05) is 18.2 Å². The van der Waals surface area contributed by atoms with E-state index in [1.807, 2.05) is 0 Å². The van der Waals surface area contributed by atoms with Crippen molar-refractivity contribution in [3.8, 4) is 0 Å². The molecule has 0 spiro atoms. The summed E-state index contributed by atoms with van der Waals surface area (Å²) in [6.45, 7) is -0.272. The van der Waals surface area contributed by atoms with Gasteiger partial charge in [-0.15, -0.1) is 0 Å². The number of benzene rings is 2. The lowest BCUT2D eigenvalue weighted by Gasteiger charge is -2.06. The van der Waals surface area contributed by atoms with Gasteiger partial charge in [-0.3, -0.25) is 14.4 Å². The molecular formula is C18H16FN3O3. The van der Waals surface area contributed by atoms with Gasteiger partial charge in [0.25, 0.3) is 5.91 Å². The molecule has 6 nitrogen and oxygen atoms in total. The monoisotopic (exact) mass is 341 g/mol. The molecule has 2 aromatic carbocycles. The minimum absolute atomic E-state index is 0.271. The lowest BCUT2D eigenvalue weighted by Crippen LogP contribution is -2.33. The van der Waals surface area contributed by atoms with E-state index in [9.17, 15) is 18.8 Å². The van der Waals surface area contributed by atoms with Crippen LogP contribution < -0.4 is 16.4 Å². The number of amides is 3. The maximum atomic E-state index is 13.1. The summed E-state index contributed by atoms with van der Waals surface area (Å²) in [6, 6.07) is 12.0. The second-order valence-electron chi connectivity index (χ2n) is 5.11. The number of carbonyl (C=O) groups excluding carboxylic acids is 3. The van der Waals surface area contributed by atoms with Crippen LogP contribution in [0.1, 0.15) is 15.9 Å². The van der Waals surface area contributed by atoms with E-state index in [1.165, 1.54) is 36.4 Å². The highest BCUT2D eigenvalue weighted by atomic mass is 19.1. The number of hydrogen-bond acceptors (Lipinski definition) is 3. The molecule has 2 aromatic rings. The first-order valence-corrected chi connectivity index (χ1v) is 7.35. The molecule has 0 saturated carbocycles. The van der Waals surface area contributed by atoms with Gasteiger partial charge in [-0.05, 0) is 42.0 Å². The molecule has 0 radical (unpaired) electrons. The molecule has 7 heteroatoms. The van der Waals surface area contributed by atoms with Crippen LogP contribution in [0, 0.1) is 5.82 Å². The zero-order valence-corrected chi connectivity index (χ0v) is 13.2. The average molecular weight is 341 g/mol. The third-order valence-corrected chi connectivity index (χ3v) is 3.09. The van der Waals surface area contributed by atoms with Crippen LogP contribution in [0.3, 0.4) is 0 Å². The van der Waals surface area contributed by atoms with Crippen LogP contribution in [0.4, 0.5) is 10.1 Å². The molecule has 0 aliphatic carbocycles. The number of halogens is 1. The van der Waals surface area contributed by atoms with Crippen LogP contribution >= 0.6 is 0 Å². The van der Waals surface area contributed by atoms with Crippen LogP contribution in [0.15, 0.2) is 54.6 Å². The molecule has 0 bridgehead atoms. The Bertz CT molecular complexity index is 834. The van der Waals surface area contributed by atoms with E-state index < -0.39 is 23.5 Å². The fourth-order valence-electron chi connectivity index (χ4n) is 1.97. The Hall–Kier alpha value is -3.48. The highest BCUT2D eigenvalue weighted by Gasteiger charge is 2.07. The predicted molar refractivity (Wildman–Crippen MR) is 92.0 cm³/mol. The summed E-state index contributed by atoms with van der Waals surface area (Å²) in [6.07, 6.45) is 2.73. The summed E-state index contributed by atoms with van der Waals surface area (Å²) < 4.78 is 13.1. The van der Waals surface area contributed by atoms with Crippen LogP contribution in [0.5, 0.6) is 0 Å². The molecule has 0 aliphatic heterocycles. The smallest absolute Gasteiger partial charge is 0.251 e. The largest absolute Gasteiger partial charge is 0.368 e. The van der Waals surface area contributed by atoms with Crippen molar-refractivity contribution in [3.63, 3.8) is 0 Å². The number of anilines is 1. The predicted octanol–water partition coefficient (Wildman–Crippen LogP) is 1.69. The molecule has 3 amide bonds. The van der Waals surface area contributed by atoms with E-state index in [4.69, 9.17) is 5.73 Å². The van der Waals surface area contributed by atoms with Crippen LogP contribution in [-0.2, 0) is 9.59 Å². The molecule has 0 unspecified atom stereocenters. The van der Waals surface area contributed by atoms with E-state index in [-0.39, 0.29) is 12.1 Å². The molecule has 0 aromatic heterocycles. The Kier molecular flexibility index (Phi) is 6.00. The van der Waals surface area contributed by atoms with Crippen molar-refractivity contribution in [1.29, 1.82) is 0 Å². The number of nitrogens with one attached hydrogen (secondary N) is 2. The minimum Gasteiger partial charge on any atom is -0.368 e. The molecule has 25 heavy (non-hydrogen) atoms. The van der Waals surface area contributed by atoms with Gasteiger partial charge in [0.1, 0.15) is 5.82 Å². The van der Waals surface area contributed by atoms with Gasteiger partial charge in [0.15, 0.2) is 0 Å². The second-order valence-corrected chi connectivity index (χ2v) is 5.11. The molecular weight excluding hydrogens is 325 g/mol. The fraction of sp³-hybridized carbons (Fsp3) is 0.0556. The summed E-state index contributed by atoms with van der Waals surface area (Å²) in [5.41, 5.74) is 6.19. The van der Waals surface area contributed by atoms with Gasteiger partial charge in [0.05, 0.1) is 6.54 Å². The number of nitrogens with two attached hydrogens (primary N) is 1. The Labute approximate surface area is 143 Å². The number of rotatable bonds is 6. The Morgan fingerprint density at radius 2 is 1.84 bits per heavy atom. The van der Waals surface area contributed by atoms with Crippen molar-refractivity contribution in [1.82, 2.24) is 5.32 Å². The number of carbonyl (C=O) groups is 3. The quantitative estimate of drug-likeness (QED) is 0.697. The van der Waals surface area contributed by atoms with Gasteiger partial charge in [0.2, 0.25) is 11.8 Å². The van der Waals surface area contributed by atoms with E-state index in [2.05, 4.69) is 10.6 Å². The molecule has 0 aliphatic rings. The summed E-state index contributed by atoms with van der Waals surface area (Å²) >= 11 is 0. The van der Waals surface area contributed by atoms with Gasteiger partial charge in [-0.2, -0.15) is 0 Å². The maximum Gasteiger partial charge on any atom is 0.251 e. The van der Waals surface area contributed by atoms with Crippen LogP contribution in [-0.4, -0.2) is 24.3 Å². The summed E-state index contributed by atoms with van der Waals surface area (Å²) in [4.78, 5) is 34.4. The molecule has 0 atom stereocenters. The third kappa shape index (κ3) is 5.91. The van der Waals surface area contributed by atoms with Crippen molar-refractivity contribution >= 4 is 29.5 Å². The lowest BCUT2D eigenvalue weighted by molar-refractivity contribution is -0.117. The normalized spacial score (nSPS) is 10.4. The van der Waals surface area contributed by atoms with Gasteiger partial charge >= 0.3 is 0 Å². The maximum absolute atomic E-state index is 13.1. The highest BCUT2D eigenvalue weighted by Crippen LogP contribution is 2.11. The fourth-order valence-corrected chi connectivity index (χ4v) is 1.97. The Morgan fingerprint density at radius 3 is 2.56 bits per heavy atom. The van der Waals surface area contributed by atoms with Crippen molar-refractivity contribution in [2.24, 2.45) is 5.73 Å². The topological polar surface area (TPSA) is 101 Å². The highest BCUT2D eigenvalue weighted by molar-refractivity contribution is 6.03. The molecule has 0 saturated heterocycles. The van der Waals surface area contributed by atoms with Crippen molar-refractivity contribution in [3.05, 3.63) is 71.6 Å².